The summed E-state index contributed by atoms with van der Waals surface area (Å²) in [5.41, 5.74) is 0.718. The number of nitro groups is 1. The highest BCUT2D eigenvalue weighted by Gasteiger charge is 2.31. The van der Waals surface area contributed by atoms with E-state index < -0.39 is 16.9 Å². The van der Waals surface area contributed by atoms with Gasteiger partial charge in [0.2, 0.25) is 11.8 Å². The number of carbonyl (C=O) groups is 3. The van der Waals surface area contributed by atoms with Crippen molar-refractivity contribution in [1.29, 1.82) is 0 Å². The van der Waals surface area contributed by atoms with Gasteiger partial charge in [0.15, 0.2) is 0 Å². The first-order valence-corrected chi connectivity index (χ1v) is 9.47. The van der Waals surface area contributed by atoms with E-state index in [0.717, 1.165) is 6.07 Å². The third kappa shape index (κ3) is 4.25. The second kappa shape index (κ2) is 8.50. The maximum absolute atomic E-state index is 13.1. The number of nitrogens with zero attached hydrogens (tertiary/aromatic N) is 3. The molecule has 3 rings (SSSR count). The first kappa shape index (κ1) is 21.3. The van der Waals surface area contributed by atoms with Crippen LogP contribution in [0.4, 0.5) is 17.1 Å². The third-order valence-corrected chi connectivity index (χ3v) is 5.06. The van der Waals surface area contributed by atoms with E-state index in [2.05, 4.69) is 5.32 Å². The van der Waals surface area contributed by atoms with Gasteiger partial charge in [-0.05, 0) is 31.2 Å². The van der Waals surface area contributed by atoms with Gasteiger partial charge < -0.3 is 15.1 Å². The summed E-state index contributed by atoms with van der Waals surface area (Å²) in [7, 11) is 1.43. The fraction of sp³-hybridized carbons (Fsp3) is 0.250. The van der Waals surface area contributed by atoms with Crippen molar-refractivity contribution in [2.75, 3.05) is 23.8 Å². The molecular formula is C20H19ClN4O5. The second-order valence-corrected chi connectivity index (χ2v) is 7.37. The van der Waals surface area contributed by atoms with Crippen molar-refractivity contribution in [3.8, 4) is 0 Å². The molecule has 0 aliphatic carbocycles. The lowest BCUT2D eigenvalue weighted by molar-refractivity contribution is -0.384. The van der Waals surface area contributed by atoms with Gasteiger partial charge in [-0.2, -0.15) is 0 Å². The molecule has 0 unspecified atom stereocenters. The number of anilines is 2. The smallest absolute Gasteiger partial charge is 0.288 e. The quantitative estimate of drug-likeness (QED) is 0.591. The number of nitro benzene ring substituents is 1. The average Bonchev–Trinajstić information content (AvgIpc) is 2.81. The van der Waals surface area contributed by atoms with Gasteiger partial charge in [-0.1, -0.05) is 23.7 Å². The molecule has 1 atom stereocenters. The number of carbonyl (C=O) groups excluding carboxylic acids is 3. The zero-order valence-electron chi connectivity index (χ0n) is 16.3. The number of likely N-dealkylation sites (N-methyl/N-ethyl adjacent to an activating group) is 1. The van der Waals surface area contributed by atoms with Crippen LogP contribution in [-0.4, -0.2) is 47.2 Å². The van der Waals surface area contributed by atoms with Crippen LogP contribution in [0, 0.1) is 10.1 Å². The van der Waals surface area contributed by atoms with E-state index in [-0.39, 0.29) is 41.1 Å². The van der Waals surface area contributed by atoms with Crippen molar-refractivity contribution in [1.82, 2.24) is 4.90 Å². The highest BCUT2D eigenvalue weighted by molar-refractivity contribution is 6.32. The number of benzene rings is 2. The minimum absolute atomic E-state index is 0.0440. The lowest BCUT2D eigenvalue weighted by Gasteiger charge is -2.29. The molecule has 0 bridgehead atoms. The van der Waals surface area contributed by atoms with Gasteiger partial charge in [-0.15, -0.1) is 0 Å². The van der Waals surface area contributed by atoms with Gasteiger partial charge >= 0.3 is 0 Å². The molecule has 1 aliphatic rings. The van der Waals surface area contributed by atoms with Crippen molar-refractivity contribution < 1.29 is 19.3 Å². The van der Waals surface area contributed by atoms with Crippen LogP contribution in [0.25, 0.3) is 0 Å². The van der Waals surface area contributed by atoms with E-state index >= 15 is 0 Å². The molecular weight excluding hydrogens is 412 g/mol. The molecule has 3 amide bonds. The molecule has 0 saturated carbocycles. The number of halogens is 1. The fourth-order valence-electron chi connectivity index (χ4n) is 3.32. The Morgan fingerprint density at radius 2 is 2.00 bits per heavy atom. The summed E-state index contributed by atoms with van der Waals surface area (Å²) >= 11 is 5.79. The summed E-state index contributed by atoms with van der Waals surface area (Å²) in [6.45, 7) is 1.48. The topological polar surface area (TPSA) is 113 Å². The Balaban J connectivity index is 1.83. The van der Waals surface area contributed by atoms with Crippen molar-refractivity contribution in [3.63, 3.8) is 0 Å². The first-order chi connectivity index (χ1) is 14.2. The summed E-state index contributed by atoms with van der Waals surface area (Å²) in [4.78, 5) is 50.9. The monoisotopic (exact) mass is 430 g/mol. The molecule has 9 nitrogen and oxygen atoms in total. The van der Waals surface area contributed by atoms with Crippen LogP contribution in [0.2, 0.25) is 5.02 Å². The summed E-state index contributed by atoms with van der Waals surface area (Å²) in [6, 6.07) is 10.2. The SMILES string of the molecule is C[C@@H]1CC(=O)Nc2ccccc2N1C(=O)CN(C)C(=O)c1ccc(Cl)c([N+](=O)[O-])c1. The standard InChI is InChI=1S/C20H19ClN4O5/c1-12-9-18(26)22-15-5-3-4-6-16(15)24(12)19(27)11-23(2)20(28)13-7-8-14(21)17(10-13)25(29)30/h3-8,10,12H,9,11H2,1-2H3,(H,22,26)/t12-/m1/s1. The Kier molecular flexibility index (Phi) is 6.02. The zero-order valence-corrected chi connectivity index (χ0v) is 17.0. The van der Waals surface area contributed by atoms with Gasteiger partial charge in [-0.3, -0.25) is 24.5 Å². The van der Waals surface area contributed by atoms with Gasteiger partial charge in [0.25, 0.3) is 11.6 Å². The van der Waals surface area contributed by atoms with Crippen molar-refractivity contribution in [2.24, 2.45) is 0 Å². The predicted octanol–water partition coefficient (Wildman–Crippen LogP) is 3.08. The molecule has 10 heteroatoms. The normalized spacial score (nSPS) is 15.6. The molecule has 30 heavy (non-hydrogen) atoms. The second-order valence-electron chi connectivity index (χ2n) is 6.97. The molecule has 1 N–H and O–H groups in total. The van der Waals surface area contributed by atoms with Gasteiger partial charge in [-0.25, -0.2) is 0 Å². The van der Waals surface area contributed by atoms with E-state index in [0.29, 0.717) is 11.4 Å². The summed E-state index contributed by atoms with van der Waals surface area (Å²) in [5.74, 6) is -1.15. The molecule has 2 aromatic carbocycles. The highest BCUT2D eigenvalue weighted by atomic mass is 35.5. The molecule has 0 spiro atoms. The van der Waals surface area contributed by atoms with Crippen LogP contribution >= 0.6 is 11.6 Å². The summed E-state index contributed by atoms with van der Waals surface area (Å²) in [6.07, 6.45) is 0.113. The molecule has 0 aromatic heterocycles. The maximum Gasteiger partial charge on any atom is 0.288 e. The molecule has 0 saturated heterocycles. The van der Waals surface area contributed by atoms with Crippen LogP contribution in [0.3, 0.4) is 0 Å². The van der Waals surface area contributed by atoms with Gasteiger partial charge in [0.05, 0.1) is 16.3 Å². The van der Waals surface area contributed by atoms with Crippen molar-refractivity contribution in [2.45, 2.75) is 19.4 Å². The lowest BCUT2D eigenvalue weighted by atomic mass is 10.1. The van der Waals surface area contributed by atoms with Crippen LogP contribution < -0.4 is 10.2 Å². The van der Waals surface area contributed by atoms with E-state index in [1.807, 2.05) is 0 Å². The van der Waals surface area contributed by atoms with Crippen LogP contribution in [0.15, 0.2) is 42.5 Å². The number of nitrogens with one attached hydrogen (secondary N) is 1. The number of fused-ring (bicyclic) bond motifs is 1. The lowest BCUT2D eigenvalue weighted by Crippen LogP contribution is -2.45. The Morgan fingerprint density at radius 1 is 1.30 bits per heavy atom. The molecule has 1 aliphatic heterocycles. The van der Waals surface area contributed by atoms with Crippen LogP contribution in [0.5, 0.6) is 0 Å². The van der Waals surface area contributed by atoms with Crippen LogP contribution in [-0.2, 0) is 9.59 Å². The predicted molar refractivity (Wildman–Crippen MR) is 112 cm³/mol. The summed E-state index contributed by atoms with van der Waals surface area (Å²) in [5, 5.41) is 13.8. The Labute approximate surface area is 177 Å². The number of rotatable bonds is 4. The van der Waals surface area contributed by atoms with Crippen LogP contribution in [0.1, 0.15) is 23.7 Å². The third-order valence-electron chi connectivity index (χ3n) is 4.74. The van der Waals surface area contributed by atoms with Crippen molar-refractivity contribution in [3.05, 3.63) is 63.2 Å². The van der Waals surface area contributed by atoms with Gasteiger partial charge in [0.1, 0.15) is 11.6 Å². The largest absolute Gasteiger partial charge is 0.332 e. The first-order valence-electron chi connectivity index (χ1n) is 9.09. The summed E-state index contributed by atoms with van der Waals surface area (Å²) < 4.78 is 0. The number of hydrogen-bond acceptors (Lipinski definition) is 5. The molecule has 0 radical (unpaired) electrons. The minimum Gasteiger partial charge on any atom is -0.332 e. The Hall–Kier alpha value is -3.46. The average molecular weight is 431 g/mol. The fourth-order valence-corrected chi connectivity index (χ4v) is 3.51. The minimum atomic E-state index is -0.676. The molecule has 1 heterocycles. The molecule has 156 valence electrons. The maximum atomic E-state index is 13.1. The van der Waals surface area contributed by atoms with E-state index in [1.54, 1.807) is 31.2 Å². The highest BCUT2D eigenvalue weighted by Crippen LogP contribution is 2.31. The van der Waals surface area contributed by atoms with E-state index in [4.69, 9.17) is 11.6 Å². The molecule has 2 aromatic rings. The number of amides is 3. The Bertz CT molecular complexity index is 1040. The molecule has 0 fully saturated rings. The van der Waals surface area contributed by atoms with Gasteiger partial charge in [0, 0.05) is 31.1 Å². The number of para-hydroxylation sites is 2. The Morgan fingerprint density at radius 3 is 2.70 bits per heavy atom. The zero-order chi connectivity index (χ0) is 22.0. The van der Waals surface area contributed by atoms with Crippen molar-refractivity contribution >= 4 is 46.4 Å². The van der Waals surface area contributed by atoms with E-state index in [1.165, 1.54) is 29.0 Å². The number of hydrogen-bond donors (Lipinski definition) is 1. The van der Waals surface area contributed by atoms with E-state index in [9.17, 15) is 24.5 Å².